The van der Waals surface area contributed by atoms with E-state index in [1.165, 1.54) is 36.9 Å². The second-order valence-corrected chi connectivity index (χ2v) is 6.05. The maximum atomic E-state index is 6.45. The zero-order valence-corrected chi connectivity index (χ0v) is 14.7. The van der Waals surface area contributed by atoms with Gasteiger partial charge in [0.1, 0.15) is 0 Å². The smallest absolute Gasteiger partial charge is 0.0471 e. The molecule has 2 nitrogen and oxygen atoms in total. The van der Waals surface area contributed by atoms with Crippen LogP contribution in [0.5, 0.6) is 0 Å². The molecule has 120 valence electrons. The highest BCUT2D eigenvalue weighted by atomic mass is 35.5. The van der Waals surface area contributed by atoms with Crippen molar-refractivity contribution in [3.8, 4) is 0 Å². The van der Waals surface area contributed by atoms with Crippen molar-refractivity contribution in [1.29, 1.82) is 0 Å². The van der Waals surface area contributed by atoms with E-state index in [4.69, 9.17) is 11.6 Å². The average Bonchev–Trinajstić information content (AvgIpc) is 2.49. The van der Waals surface area contributed by atoms with Gasteiger partial charge in [-0.3, -0.25) is 0 Å². The molecule has 0 fully saturated rings. The van der Waals surface area contributed by atoms with Gasteiger partial charge in [-0.05, 0) is 43.5 Å². The van der Waals surface area contributed by atoms with Crippen molar-refractivity contribution < 1.29 is 0 Å². The van der Waals surface area contributed by atoms with Crippen LogP contribution in [0.3, 0.4) is 0 Å². The number of halogens is 1. The van der Waals surface area contributed by atoms with Crippen LogP contribution in [0, 0.1) is 0 Å². The number of hydrogen-bond donors (Lipinski definition) is 1. The van der Waals surface area contributed by atoms with Gasteiger partial charge in [-0.15, -0.1) is 0 Å². The van der Waals surface area contributed by atoms with Crippen molar-refractivity contribution in [1.82, 2.24) is 5.32 Å². The molecule has 21 heavy (non-hydrogen) atoms. The molecule has 0 saturated carbocycles. The van der Waals surface area contributed by atoms with Crippen LogP contribution in [-0.2, 0) is 6.54 Å². The maximum Gasteiger partial charge on any atom is 0.0471 e. The van der Waals surface area contributed by atoms with E-state index < -0.39 is 0 Å². The highest BCUT2D eigenvalue weighted by molar-refractivity contribution is 6.31. The molecule has 0 amide bonds. The van der Waals surface area contributed by atoms with Crippen molar-refractivity contribution in [3.63, 3.8) is 0 Å². The summed E-state index contributed by atoms with van der Waals surface area (Å²) >= 11 is 6.45. The van der Waals surface area contributed by atoms with E-state index >= 15 is 0 Å². The molecule has 1 aromatic carbocycles. The molecule has 1 aromatic rings. The largest absolute Gasteiger partial charge is 0.371 e. The summed E-state index contributed by atoms with van der Waals surface area (Å²) in [6, 6.07) is 6.53. The summed E-state index contributed by atoms with van der Waals surface area (Å²) in [5, 5.41) is 4.29. The molecule has 0 aromatic heterocycles. The van der Waals surface area contributed by atoms with Gasteiger partial charge in [0.2, 0.25) is 0 Å². The summed E-state index contributed by atoms with van der Waals surface area (Å²) in [6.07, 6.45) is 6.09. The SMILES string of the molecule is CCCCN(CCCC)c1ccc(CNCCC)c(Cl)c1. The lowest BCUT2D eigenvalue weighted by molar-refractivity contribution is 0.672. The normalized spacial score (nSPS) is 10.9. The van der Waals surface area contributed by atoms with Crippen molar-refractivity contribution in [2.45, 2.75) is 59.4 Å². The number of benzene rings is 1. The van der Waals surface area contributed by atoms with Crippen molar-refractivity contribution in [2.75, 3.05) is 24.5 Å². The number of unbranched alkanes of at least 4 members (excludes halogenated alkanes) is 2. The van der Waals surface area contributed by atoms with Gasteiger partial charge in [-0.2, -0.15) is 0 Å². The van der Waals surface area contributed by atoms with Crippen molar-refractivity contribution in [3.05, 3.63) is 28.8 Å². The maximum absolute atomic E-state index is 6.45. The van der Waals surface area contributed by atoms with Crippen molar-refractivity contribution >= 4 is 17.3 Å². The van der Waals surface area contributed by atoms with E-state index in [2.05, 4.69) is 49.2 Å². The van der Waals surface area contributed by atoms with E-state index in [1.54, 1.807) is 0 Å². The number of nitrogens with one attached hydrogen (secondary N) is 1. The first-order valence-corrected chi connectivity index (χ1v) is 8.84. The molecule has 0 aliphatic rings. The van der Waals surface area contributed by atoms with Crippen LogP contribution >= 0.6 is 11.6 Å². The third-order valence-corrected chi connectivity index (χ3v) is 4.06. The molecule has 0 bridgehead atoms. The summed E-state index contributed by atoms with van der Waals surface area (Å²) in [5.41, 5.74) is 2.46. The third-order valence-electron chi connectivity index (χ3n) is 3.71. The van der Waals surface area contributed by atoms with Crippen LogP contribution in [0.1, 0.15) is 58.4 Å². The molecule has 0 aliphatic heterocycles. The fraction of sp³-hybridized carbons (Fsp3) is 0.667. The Balaban J connectivity index is 2.71. The lowest BCUT2D eigenvalue weighted by Gasteiger charge is -2.25. The van der Waals surface area contributed by atoms with E-state index in [0.717, 1.165) is 37.6 Å². The minimum Gasteiger partial charge on any atom is -0.371 e. The molecule has 0 heterocycles. The highest BCUT2D eigenvalue weighted by Gasteiger charge is 2.08. The van der Waals surface area contributed by atoms with Gasteiger partial charge in [0.25, 0.3) is 0 Å². The molecule has 0 saturated heterocycles. The second-order valence-electron chi connectivity index (χ2n) is 5.65. The average molecular weight is 311 g/mol. The summed E-state index contributed by atoms with van der Waals surface area (Å²) in [6.45, 7) is 10.8. The van der Waals surface area contributed by atoms with Gasteiger partial charge < -0.3 is 10.2 Å². The minimum absolute atomic E-state index is 0.858. The lowest BCUT2D eigenvalue weighted by Crippen LogP contribution is -2.25. The van der Waals surface area contributed by atoms with Gasteiger partial charge in [-0.25, -0.2) is 0 Å². The Morgan fingerprint density at radius 3 is 2.19 bits per heavy atom. The van der Waals surface area contributed by atoms with Crippen LogP contribution in [-0.4, -0.2) is 19.6 Å². The predicted octanol–water partition coefficient (Wildman–Crippen LogP) is 5.25. The van der Waals surface area contributed by atoms with E-state index in [0.29, 0.717) is 0 Å². The first kappa shape index (κ1) is 18.3. The molecular formula is C18H31ClN2. The van der Waals surface area contributed by atoms with Crippen LogP contribution in [0.4, 0.5) is 5.69 Å². The van der Waals surface area contributed by atoms with Gasteiger partial charge in [0, 0.05) is 30.3 Å². The molecule has 0 atom stereocenters. The topological polar surface area (TPSA) is 15.3 Å². The number of nitrogens with zero attached hydrogens (tertiary/aromatic N) is 1. The standard InChI is InChI=1S/C18H31ClN2/c1-4-7-12-21(13-8-5-2)17-10-9-16(18(19)14-17)15-20-11-6-3/h9-10,14,20H,4-8,11-13,15H2,1-3H3. The summed E-state index contributed by atoms with van der Waals surface area (Å²) in [4.78, 5) is 2.47. The molecule has 1 rings (SSSR count). The van der Waals surface area contributed by atoms with Gasteiger partial charge in [0.15, 0.2) is 0 Å². The molecule has 0 radical (unpaired) electrons. The number of rotatable bonds is 11. The van der Waals surface area contributed by atoms with Gasteiger partial charge in [0.05, 0.1) is 0 Å². The zero-order valence-electron chi connectivity index (χ0n) is 13.9. The summed E-state index contributed by atoms with van der Waals surface area (Å²) < 4.78 is 0. The Morgan fingerprint density at radius 1 is 1.00 bits per heavy atom. The molecule has 0 unspecified atom stereocenters. The summed E-state index contributed by atoms with van der Waals surface area (Å²) in [5.74, 6) is 0. The molecule has 3 heteroatoms. The fourth-order valence-electron chi connectivity index (χ4n) is 2.34. The highest BCUT2D eigenvalue weighted by Crippen LogP contribution is 2.24. The van der Waals surface area contributed by atoms with Gasteiger partial charge in [-0.1, -0.05) is 51.3 Å². The Hall–Kier alpha value is -0.730. The van der Waals surface area contributed by atoms with E-state index in [1.807, 2.05) is 0 Å². The Kier molecular flexibility index (Phi) is 9.53. The van der Waals surface area contributed by atoms with Gasteiger partial charge >= 0.3 is 0 Å². The predicted molar refractivity (Wildman–Crippen MR) is 95.5 cm³/mol. The lowest BCUT2D eigenvalue weighted by atomic mass is 10.1. The summed E-state index contributed by atoms with van der Waals surface area (Å²) in [7, 11) is 0. The van der Waals surface area contributed by atoms with Crippen LogP contribution in [0.25, 0.3) is 0 Å². The molecule has 1 N–H and O–H groups in total. The Bertz CT molecular complexity index is 385. The van der Waals surface area contributed by atoms with Crippen LogP contribution in [0.15, 0.2) is 18.2 Å². The van der Waals surface area contributed by atoms with Crippen LogP contribution in [0.2, 0.25) is 5.02 Å². The Morgan fingerprint density at radius 2 is 1.67 bits per heavy atom. The zero-order chi connectivity index (χ0) is 15.5. The molecule has 0 spiro atoms. The monoisotopic (exact) mass is 310 g/mol. The quantitative estimate of drug-likeness (QED) is 0.562. The van der Waals surface area contributed by atoms with E-state index in [-0.39, 0.29) is 0 Å². The first-order chi connectivity index (χ1) is 10.2. The molecule has 0 aliphatic carbocycles. The second kappa shape index (κ2) is 10.9. The van der Waals surface area contributed by atoms with E-state index in [9.17, 15) is 0 Å². The fourth-order valence-corrected chi connectivity index (χ4v) is 2.59. The Labute approximate surface area is 135 Å². The first-order valence-electron chi connectivity index (χ1n) is 8.47. The number of anilines is 1. The van der Waals surface area contributed by atoms with Crippen molar-refractivity contribution in [2.24, 2.45) is 0 Å². The number of hydrogen-bond acceptors (Lipinski definition) is 2. The molecular weight excluding hydrogens is 280 g/mol. The third kappa shape index (κ3) is 6.71. The van der Waals surface area contributed by atoms with Crippen LogP contribution < -0.4 is 10.2 Å². The minimum atomic E-state index is 0.858.